The van der Waals surface area contributed by atoms with E-state index in [4.69, 9.17) is 0 Å². The summed E-state index contributed by atoms with van der Waals surface area (Å²) in [7, 11) is 4.85. The van der Waals surface area contributed by atoms with E-state index in [1.165, 1.54) is 121 Å². The molecule has 0 radical (unpaired) electrons. The van der Waals surface area contributed by atoms with Gasteiger partial charge in [-0.1, -0.05) is 109 Å². The van der Waals surface area contributed by atoms with Gasteiger partial charge in [0.15, 0.2) is 0 Å². The van der Waals surface area contributed by atoms with Crippen LogP contribution in [0.15, 0.2) is 18.2 Å². The predicted molar refractivity (Wildman–Crippen MR) is 139 cm³/mol. The van der Waals surface area contributed by atoms with Gasteiger partial charge in [0.05, 0.1) is 20.6 Å². The first-order valence-electron chi connectivity index (χ1n) is 13.4. The fourth-order valence-electron chi connectivity index (χ4n) is 4.78. The third-order valence-electron chi connectivity index (χ3n) is 6.89. The highest BCUT2D eigenvalue weighted by Gasteiger charge is 2.23. The number of hydrogen-bond donors (Lipinski definition) is 0. The first-order chi connectivity index (χ1) is 14.5. The highest BCUT2D eigenvalue weighted by atomic mass is 15.3. The molecule has 30 heavy (non-hydrogen) atoms. The zero-order chi connectivity index (χ0) is 22.1. The minimum absolute atomic E-state index is 1.05. The lowest BCUT2D eigenvalue weighted by atomic mass is 9.97. The van der Waals surface area contributed by atoms with Crippen molar-refractivity contribution in [3.63, 3.8) is 0 Å². The minimum Gasteiger partial charge on any atom is -0.296 e. The Balaban J connectivity index is 2.41. The van der Waals surface area contributed by atoms with E-state index in [1.54, 1.807) is 11.3 Å². The minimum atomic E-state index is 1.05. The van der Waals surface area contributed by atoms with Gasteiger partial charge in [0, 0.05) is 5.56 Å². The third kappa shape index (κ3) is 11.5. The van der Waals surface area contributed by atoms with Crippen molar-refractivity contribution in [2.45, 2.75) is 130 Å². The van der Waals surface area contributed by atoms with Crippen LogP contribution in [0.1, 0.15) is 128 Å². The van der Waals surface area contributed by atoms with E-state index < -0.39 is 0 Å². The molecule has 0 N–H and O–H groups in total. The highest BCUT2D eigenvalue weighted by molar-refractivity contribution is 5.53. The summed E-state index contributed by atoms with van der Waals surface area (Å²) < 4.78 is 1.05. The SMILES string of the molecule is CCCCCCCCCCc1c(C)cccc1[N+](C)(C)CCCCCCCCCC. The summed E-state index contributed by atoms with van der Waals surface area (Å²) in [6.07, 6.45) is 23.7. The van der Waals surface area contributed by atoms with Gasteiger partial charge in [-0.3, -0.25) is 4.48 Å². The Hall–Kier alpha value is -0.820. The van der Waals surface area contributed by atoms with E-state index in [2.05, 4.69) is 53.1 Å². The van der Waals surface area contributed by atoms with Gasteiger partial charge in [-0.25, -0.2) is 0 Å². The molecular weight excluding hydrogens is 362 g/mol. The molecule has 0 bridgehead atoms. The van der Waals surface area contributed by atoms with Crippen LogP contribution in [0.3, 0.4) is 0 Å². The van der Waals surface area contributed by atoms with Crippen LogP contribution in [0.2, 0.25) is 0 Å². The van der Waals surface area contributed by atoms with E-state index in [1.807, 2.05) is 0 Å². The molecule has 0 fully saturated rings. The average molecular weight is 417 g/mol. The second-order valence-electron chi connectivity index (χ2n) is 10.2. The molecule has 1 aromatic carbocycles. The molecule has 0 aliphatic carbocycles. The summed E-state index contributed by atoms with van der Waals surface area (Å²) in [5.41, 5.74) is 4.70. The van der Waals surface area contributed by atoms with Gasteiger partial charge in [-0.15, -0.1) is 0 Å². The van der Waals surface area contributed by atoms with E-state index in [0.29, 0.717) is 0 Å². The topological polar surface area (TPSA) is 0 Å². The van der Waals surface area contributed by atoms with Crippen LogP contribution in [0.4, 0.5) is 5.69 Å². The lowest BCUT2D eigenvalue weighted by Crippen LogP contribution is -2.42. The maximum atomic E-state index is 2.42. The molecule has 1 nitrogen and oxygen atoms in total. The van der Waals surface area contributed by atoms with Crippen molar-refractivity contribution in [1.29, 1.82) is 0 Å². The summed E-state index contributed by atoms with van der Waals surface area (Å²) >= 11 is 0. The van der Waals surface area contributed by atoms with Crippen molar-refractivity contribution in [2.75, 3.05) is 20.6 Å². The van der Waals surface area contributed by atoms with Crippen molar-refractivity contribution in [3.8, 4) is 0 Å². The Kier molecular flexibility index (Phi) is 15.3. The van der Waals surface area contributed by atoms with Crippen molar-refractivity contribution in [2.24, 2.45) is 0 Å². The van der Waals surface area contributed by atoms with Gasteiger partial charge < -0.3 is 0 Å². The molecule has 0 aromatic heterocycles. The van der Waals surface area contributed by atoms with Crippen molar-refractivity contribution < 1.29 is 0 Å². The Morgan fingerprint density at radius 3 is 1.60 bits per heavy atom. The van der Waals surface area contributed by atoms with Crippen molar-refractivity contribution in [1.82, 2.24) is 4.48 Å². The molecule has 0 spiro atoms. The summed E-state index contributed by atoms with van der Waals surface area (Å²) in [4.78, 5) is 0. The quantitative estimate of drug-likeness (QED) is 0.156. The molecule has 1 heteroatoms. The number of rotatable bonds is 19. The number of quaternary nitrogens is 1. The van der Waals surface area contributed by atoms with Crippen LogP contribution in [0.5, 0.6) is 0 Å². The zero-order valence-corrected chi connectivity index (χ0v) is 21.4. The second kappa shape index (κ2) is 16.8. The Bertz CT molecular complexity index is 531. The molecular formula is C29H54N+. The molecule has 0 heterocycles. The van der Waals surface area contributed by atoms with Gasteiger partial charge in [-0.2, -0.15) is 0 Å². The lowest BCUT2D eigenvalue weighted by Gasteiger charge is -2.32. The molecule has 0 amide bonds. The monoisotopic (exact) mass is 416 g/mol. The maximum Gasteiger partial charge on any atom is 0.135 e. The summed E-state index contributed by atoms with van der Waals surface area (Å²) in [5.74, 6) is 0. The molecule has 174 valence electrons. The Labute approximate surface area is 190 Å². The van der Waals surface area contributed by atoms with Gasteiger partial charge in [-0.05, 0) is 44.2 Å². The smallest absolute Gasteiger partial charge is 0.135 e. The fourth-order valence-corrected chi connectivity index (χ4v) is 4.78. The first kappa shape index (κ1) is 27.2. The summed E-state index contributed by atoms with van der Waals surface area (Å²) in [5, 5.41) is 0. The molecule has 0 saturated carbocycles. The summed E-state index contributed by atoms with van der Waals surface area (Å²) in [6.45, 7) is 8.19. The Morgan fingerprint density at radius 1 is 0.600 bits per heavy atom. The van der Waals surface area contributed by atoms with Crippen molar-refractivity contribution in [3.05, 3.63) is 29.3 Å². The van der Waals surface area contributed by atoms with E-state index in [9.17, 15) is 0 Å². The second-order valence-corrected chi connectivity index (χ2v) is 10.2. The molecule has 0 saturated heterocycles. The molecule has 0 unspecified atom stereocenters. The highest BCUT2D eigenvalue weighted by Crippen LogP contribution is 2.29. The molecule has 0 aliphatic heterocycles. The third-order valence-corrected chi connectivity index (χ3v) is 6.89. The van der Waals surface area contributed by atoms with E-state index in [-0.39, 0.29) is 0 Å². The normalized spacial score (nSPS) is 11.9. The average Bonchev–Trinajstić information content (AvgIpc) is 2.72. The number of aryl methyl sites for hydroxylation is 1. The van der Waals surface area contributed by atoms with Gasteiger partial charge in [0.1, 0.15) is 5.69 Å². The first-order valence-corrected chi connectivity index (χ1v) is 13.4. The molecule has 1 aromatic rings. The van der Waals surface area contributed by atoms with Crippen LogP contribution in [0.25, 0.3) is 0 Å². The predicted octanol–water partition coefficient (Wildman–Crippen LogP) is 9.39. The van der Waals surface area contributed by atoms with Gasteiger partial charge in [0.2, 0.25) is 0 Å². The molecule has 0 aliphatic rings. The van der Waals surface area contributed by atoms with Crippen LogP contribution < -0.4 is 4.48 Å². The molecule has 1 rings (SSSR count). The number of nitrogens with zero attached hydrogens (tertiary/aromatic N) is 1. The standard InChI is InChI=1S/C29H54N/c1-6-8-10-12-14-16-18-20-24-28-27(3)23-22-25-29(28)30(4,5)26-21-19-17-15-13-11-9-7-2/h22-23,25H,6-21,24,26H2,1-5H3/q+1. The van der Waals surface area contributed by atoms with Crippen LogP contribution in [0, 0.1) is 6.92 Å². The van der Waals surface area contributed by atoms with E-state index >= 15 is 0 Å². The lowest BCUT2D eigenvalue weighted by molar-refractivity contribution is 0.377. The van der Waals surface area contributed by atoms with Crippen LogP contribution in [-0.2, 0) is 6.42 Å². The number of unbranched alkanes of at least 4 members (excludes halogenated alkanes) is 14. The number of hydrogen-bond acceptors (Lipinski definition) is 0. The Morgan fingerprint density at radius 2 is 1.07 bits per heavy atom. The maximum absolute atomic E-state index is 2.42. The summed E-state index contributed by atoms with van der Waals surface area (Å²) in [6, 6.07) is 6.99. The van der Waals surface area contributed by atoms with Crippen molar-refractivity contribution >= 4 is 5.69 Å². The van der Waals surface area contributed by atoms with Crippen LogP contribution >= 0.6 is 0 Å². The van der Waals surface area contributed by atoms with Gasteiger partial charge >= 0.3 is 0 Å². The van der Waals surface area contributed by atoms with E-state index in [0.717, 1.165) is 4.48 Å². The number of benzene rings is 1. The van der Waals surface area contributed by atoms with Crippen LogP contribution in [-0.4, -0.2) is 20.6 Å². The zero-order valence-electron chi connectivity index (χ0n) is 21.4. The molecule has 0 atom stereocenters. The van der Waals surface area contributed by atoms with Gasteiger partial charge in [0.25, 0.3) is 0 Å². The fraction of sp³-hybridized carbons (Fsp3) is 0.793. The largest absolute Gasteiger partial charge is 0.296 e.